The van der Waals surface area contributed by atoms with Crippen molar-refractivity contribution in [2.45, 2.75) is 38.7 Å². The standard InChI is InChI=1S/C13H22N2O3/c1-10(16)14-6-2-4-11(8-14)13(18)15-7-3-5-12(17)9-15/h11-12,17H,2-9H2,1H3/t11?,12-/m0/s1. The molecular weight excluding hydrogens is 232 g/mol. The number of rotatable bonds is 1. The van der Waals surface area contributed by atoms with Gasteiger partial charge in [-0.15, -0.1) is 0 Å². The molecule has 0 bridgehead atoms. The van der Waals surface area contributed by atoms with Crippen LogP contribution in [-0.2, 0) is 9.59 Å². The quantitative estimate of drug-likeness (QED) is 0.728. The Morgan fingerprint density at radius 2 is 1.72 bits per heavy atom. The summed E-state index contributed by atoms with van der Waals surface area (Å²) in [6, 6.07) is 0. The number of likely N-dealkylation sites (tertiary alicyclic amines) is 2. The minimum Gasteiger partial charge on any atom is -0.391 e. The summed E-state index contributed by atoms with van der Waals surface area (Å²) < 4.78 is 0. The van der Waals surface area contributed by atoms with Gasteiger partial charge in [-0.25, -0.2) is 0 Å². The van der Waals surface area contributed by atoms with Gasteiger partial charge in [0.25, 0.3) is 0 Å². The van der Waals surface area contributed by atoms with Crippen molar-refractivity contribution in [3.63, 3.8) is 0 Å². The van der Waals surface area contributed by atoms with Crippen LogP contribution in [0.3, 0.4) is 0 Å². The molecule has 5 nitrogen and oxygen atoms in total. The van der Waals surface area contributed by atoms with Gasteiger partial charge in [0.2, 0.25) is 11.8 Å². The number of amides is 2. The Hall–Kier alpha value is -1.10. The predicted octanol–water partition coefficient (Wildman–Crippen LogP) is 0.228. The van der Waals surface area contributed by atoms with E-state index in [-0.39, 0.29) is 23.8 Å². The summed E-state index contributed by atoms with van der Waals surface area (Å²) in [6.07, 6.45) is 3.03. The topological polar surface area (TPSA) is 60.9 Å². The number of β-amino-alcohol motifs (C(OH)–C–C–N with tert-alkyl or cyclic N) is 1. The van der Waals surface area contributed by atoms with E-state index >= 15 is 0 Å². The Balaban J connectivity index is 1.93. The molecule has 0 aliphatic carbocycles. The molecule has 2 saturated heterocycles. The first-order valence-corrected chi connectivity index (χ1v) is 6.80. The van der Waals surface area contributed by atoms with Crippen molar-refractivity contribution in [1.29, 1.82) is 0 Å². The average Bonchev–Trinajstić information content (AvgIpc) is 2.38. The van der Waals surface area contributed by atoms with Crippen LogP contribution in [0.1, 0.15) is 32.6 Å². The number of piperidine rings is 2. The van der Waals surface area contributed by atoms with Gasteiger partial charge in [-0.05, 0) is 25.7 Å². The minimum absolute atomic E-state index is 0.0474. The lowest BCUT2D eigenvalue weighted by molar-refractivity contribution is -0.142. The Kier molecular flexibility index (Phi) is 4.22. The number of aliphatic hydroxyl groups excluding tert-OH is 1. The maximum Gasteiger partial charge on any atom is 0.227 e. The van der Waals surface area contributed by atoms with Crippen LogP contribution in [0.25, 0.3) is 0 Å². The van der Waals surface area contributed by atoms with Crippen LogP contribution in [-0.4, -0.2) is 59.0 Å². The summed E-state index contributed by atoms with van der Waals surface area (Å²) in [6.45, 7) is 4.06. The highest BCUT2D eigenvalue weighted by molar-refractivity contribution is 5.81. The second-order valence-electron chi connectivity index (χ2n) is 5.38. The van der Waals surface area contributed by atoms with Crippen molar-refractivity contribution in [1.82, 2.24) is 9.80 Å². The fourth-order valence-electron chi connectivity index (χ4n) is 2.88. The molecular formula is C13H22N2O3. The first-order valence-electron chi connectivity index (χ1n) is 6.80. The van der Waals surface area contributed by atoms with Crippen LogP contribution in [0.5, 0.6) is 0 Å². The van der Waals surface area contributed by atoms with Gasteiger partial charge < -0.3 is 14.9 Å². The molecule has 0 aromatic heterocycles. The Morgan fingerprint density at radius 3 is 2.39 bits per heavy atom. The lowest BCUT2D eigenvalue weighted by Gasteiger charge is -2.37. The lowest BCUT2D eigenvalue weighted by atomic mass is 9.95. The van der Waals surface area contributed by atoms with Crippen molar-refractivity contribution in [3.05, 3.63) is 0 Å². The Bertz CT molecular complexity index is 332. The van der Waals surface area contributed by atoms with Crippen molar-refractivity contribution < 1.29 is 14.7 Å². The Labute approximate surface area is 108 Å². The highest BCUT2D eigenvalue weighted by Crippen LogP contribution is 2.21. The smallest absolute Gasteiger partial charge is 0.227 e. The fourth-order valence-corrected chi connectivity index (χ4v) is 2.88. The maximum absolute atomic E-state index is 12.3. The van der Waals surface area contributed by atoms with Crippen molar-refractivity contribution in [2.75, 3.05) is 26.2 Å². The molecule has 102 valence electrons. The summed E-state index contributed by atoms with van der Waals surface area (Å²) in [4.78, 5) is 27.2. The molecule has 1 unspecified atom stereocenters. The average molecular weight is 254 g/mol. The normalized spacial score (nSPS) is 29.2. The molecule has 0 aromatic rings. The van der Waals surface area contributed by atoms with Crippen molar-refractivity contribution in [2.24, 2.45) is 5.92 Å². The van der Waals surface area contributed by atoms with E-state index in [4.69, 9.17) is 0 Å². The maximum atomic E-state index is 12.3. The number of nitrogens with zero attached hydrogens (tertiary/aromatic N) is 2. The summed E-state index contributed by atoms with van der Waals surface area (Å²) in [5.41, 5.74) is 0. The molecule has 0 radical (unpaired) electrons. The van der Waals surface area contributed by atoms with E-state index in [0.29, 0.717) is 13.1 Å². The second kappa shape index (κ2) is 5.69. The minimum atomic E-state index is -0.379. The molecule has 0 aromatic carbocycles. The molecule has 0 saturated carbocycles. The highest BCUT2D eigenvalue weighted by Gasteiger charge is 2.32. The summed E-state index contributed by atoms with van der Waals surface area (Å²) in [5, 5.41) is 9.61. The molecule has 2 heterocycles. The summed E-state index contributed by atoms with van der Waals surface area (Å²) >= 11 is 0. The van der Waals surface area contributed by atoms with E-state index in [0.717, 1.165) is 38.8 Å². The third kappa shape index (κ3) is 3.02. The summed E-state index contributed by atoms with van der Waals surface area (Å²) in [7, 11) is 0. The zero-order valence-corrected chi connectivity index (χ0v) is 11.0. The lowest BCUT2D eigenvalue weighted by Crippen LogP contribution is -2.49. The molecule has 2 rings (SSSR count). The molecule has 2 aliphatic rings. The van der Waals surface area contributed by atoms with Gasteiger partial charge in [0.05, 0.1) is 12.0 Å². The highest BCUT2D eigenvalue weighted by atomic mass is 16.3. The van der Waals surface area contributed by atoms with Gasteiger partial charge in [0, 0.05) is 33.1 Å². The van der Waals surface area contributed by atoms with Crippen LogP contribution >= 0.6 is 0 Å². The van der Waals surface area contributed by atoms with E-state index < -0.39 is 0 Å². The molecule has 2 aliphatic heterocycles. The largest absolute Gasteiger partial charge is 0.391 e. The second-order valence-corrected chi connectivity index (χ2v) is 5.38. The molecule has 0 spiro atoms. The van der Waals surface area contributed by atoms with Gasteiger partial charge in [-0.2, -0.15) is 0 Å². The van der Waals surface area contributed by atoms with E-state index in [1.807, 2.05) is 0 Å². The van der Waals surface area contributed by atoms with Crippen LogP contribution in [0, 0.1) is 5.92 Å². The molecule has 5 heteroatoms. The summed E-state index contributed by atoms with van der Waals surface area (Å²) in [5.74, 6) is 0.0822. The monoisotopic (exact) mass is 254 g/mol. The van der Waals surface area contributed by atoms with E-state index in [9.17, 15) is 14.7 Å². The van der Waals surface area contributed by atoms with Gasteiger partial charge in [-0.1, -0.05) is 0 Å². The molecule has 2 fully saturated rings. The zero-order chi connectivity index (χ0) is 13.1. The SMILES string of the molecule is CC(=O)N1CCCC(C(=O)N2CCC[C@H](O)C2)C1. The number of carbonyl (C=O) groups excluding carboxylic acids is 2. The zero-order valence-electron chi connectivity index (χ0n) is 11.0. The number of carbonyl (C=O) groups is 2. The van der Waals surface area contributed by atoms with Crippen molar-refractivity contribution in [3.8, 4) is 0 Å². The molecule has 2 atom stereocenters. The predicted molar refractivity (Wildman–Crippen MR) is 66.8 cm³/mol. The van der Waals surface area contributed by atoms with E-state index in [1.165, 1.54) is 0 Å². The third-order valence-electron chi connectivity index (χ3n) is 3.92. The van der Waals surface area contributed by atoms with Crippen molar-refractivity contribution >= 4 is 11.8 Å². The third-order valence-corrected chi connectivity index (χ3v) is 3.92. The number of aliphatic hydroxyl groups is 1. The van der Waals surface area contributed by atoms with Gasteiger partial charge in [-0.3, -0.25) is 9.59 Å². The van der Waals surface area contributed by atoms with Gasteiger partial charge >= 0.3 is 0 Å². The first kappa shape index (κ1) is 13.3. The number of hydrogen-bond acceptors (Lipinski definition) is 3. The molecule has 2 amide bonds. The Morgan fingerprint density at radius 1 is 1.06 bits per heavy atom. The van der Waals surface area contributed by atoms with Crippen LogP contribution in [0.4, 0.5) is 0 Å². The first-order chi connectivity index (χ1) is 8.58. The van der Waals surface area contributed by atoms with Gasteiger partial charge in [0.15, 0.2) is 0 Å². The van der Waals surface area contributed by atoms with Crippen LogP contribution < -0.4 is 0 Å². The molecule has 18 heavy (non-hydrogen) atoms. The van der Waals surface area contributed by atoms with E-state index in [2.05, 4.69) is 0 Å². The fraction of sp³-hybridized carbons (Fsp3) is 0.846. The van der Waals surface area contributed by atoms with Crippen LogP contribution in [0.2, 0.25) is 0 Å². The van der Waals surface area contributed by atoms with Gasteiger partial charge in [0.1, 0.15) is 0 Å². The number of hydrogen-bond donors (Lipinski definition) is 1. The molecule has 1 N–H and O–H groups in total. The van der Waals surface area contributed by atoms with E-state index in [1.54, 1.807) is 16.7 Å². The van der Waals surface area contributed by atoms with Crippen LogP contribution in [0.15, 0.2) is 0 Å².